The number of hydrogen-bond acceptors (Lipinski definition) is 13. The Bertz CT molecular complexity index is 1570. The summed E-state index contributed by atoms with van der Waals surface area (Å²) in [5.41, 5.74) is -6.83. The highest BCUT2D eigenvalue weighted by atomic mass is 16.6. The van der Waals surface area contributed by atoms with E-state index in [0.717, 1.165) is 13.8 Å². The van der Waals surface area contributed by atoms with Gasteiger partial charge in [0.2, 0.25) is 5.91 Å². The van der Waals surface area contributed by atoms with Crippen LogP contribution in [0.15, 0.2) is 41.5 Å². The summed E-state index contributed by atoms with van der Waals surface area (Å²) in [6, 6.07) is 7.03. The molecule has 1 aliphatic heterocycles. The van der Waals surface area contributed by atoms with E-state index in [2.05, 4.69) is 5.32 Å². The average molecular weight is 688 g/mol. The van der Waals surface area contributed by atoms with Gasteiger partial charge in [0, 0.05) is 39.0 Å². The van der Waals surface area contributed by atoms with E-state index >= 15 is 0 Å². The standard InChI is InChI=1S/C35H45NO13/c1-16-21(48-31(44)27(42)25(36-17(2)37)20-11-9-8-10-12-20)14-35(45)30(47-18(3)38)28-33(7,29(43)26(41)24(16)32(35,5)6)22(40)13-23-34(28,15-46-23)49-19(4)39/h8-12,21-23,25-28,30,40-42,45H,13-15H2,1-7H3,(H,36,37)/t21?,22-,23+,25-,26+,27+,28-,30-,33+,34-,35+/m0/s1. The van der Waals surface area contributed by atoms with Gasteiger partial charge >= 0.3 is 17.9 Å². The maximum Gasteiger partial charge on any atom is 0.338 e. The topological polar surface area (TPSA) is 215 Å². The van der Waals surface area contributed by atoms with Gasteiger partial charge in [-0.05, 0) is 30.6 Å². The number of amides is 1. The first kappa shape index (κ1) is 36.6. The Labute approximate surface area is 283 Å². The number of Topliss-reactive ketones (excluding diaryl/α,β-unsaturated/α-hetero) is 1. The van der Waals surface area contributed by atoms with Crippen molar-refractivity contribution >= 4 is 29.6 Å². The third-order valence-corrected chi connectivity index (χ3v) is 11.3. The van der Waals surface area contributed by atoms with E-state index in [-0.39, 0.29) is 24.2 Å². The lowest BCUT2D eigenvalue weighted by molar-refractivity contribution is -0.347. The largest absolute Gasteiger partial charge is 0.459 e. The van der Waals surface area contributed by atoms with Crippen LogP contribution < -0.4 is 5.32 Å². The summed E-state index contributed by atoms with van der Waals surface area (Å²) in [5.74, 6) is -5.65. The summed E-state index contributed by atoms with van der Waals surface area (Å²) < 4.78 is 23.3. The predicted octanol–water partition coefficient (Wildman–Crippen LogP) is 0.577. The van der Waals surface area contributed by atoms with Gasteiger partial charge in [-0.15, -0.1) is 0 Å². The first-order chi connectivity index (χ1) is 22.7. The average Bonchev–Trinajstić information content (AvgIpc) is 3.01. The first-order valence-electron chi connectivity index (χ1n) is 16.3. The number of rotatable bonds is 7. The smallest absolute Gasteiger partial charge is 0.338 e. The van der Waals surface area contributed by atoms with Crippen LogP contribution in [0.25, 0.3) is 0 Å². The molecule has 0 radical (unpaired) electrons. The van der Waals surface area contributed by atoms with Crippen LogP contribution in [0.1, 0.15) is 72.9 Å². The molecule has 1 aromatic carbocycles. The number of fused-ring (bicyclic) bond motifs is 5. The van der Waals surface area contributed by atoms with Crippen LogP contribution >= 0.6 is 0 Å². The number of aliphatic hydroxyl groups excluding tert-OH is 3. The van der Waals surface area contributed by atoms with Gasteiger partial charge in [-0.3, -0.25) is 19.2 Å². The van der Waals surface area contributed by atoms with Crippen molar-refractivity contribution in [3.63, 3.8) is 0 Å². The minimum atomic E-state index is -2.25. The van der Waals surface area contributed by atoms with Gasteiger partial charge in [-0.2, -0.15) is 0 Å². The normalized spacial score (nSPS) is 37.5. The number of ketones is 1. The van der Waals surface area contributed by atoms with E-state index < -0.39 is 107 Å². The number of ether oxygens (including phenoxy) is 4. The van der Waals surface area contributed by atoms with E-state index in [1.54, 1.807) is 44.2 Å². The first-order valence-corrected chi connectivity index (χ1v) is 16.3. The van der Waals surface area contributed by atoms with Crippen LogP contribution in [0.2, 0.25) is 0 Å². The van der Waals surface area contributed by atoms with Crippen molar-refractivity contribution in [1.82, 2.24) is 5.32 Å². The Hall–Kier alpha value is -3.69. The Morgan fingerprint density at radius 3 is 2.16 bits per heavy atom. The monoisotopic (exact) mass is 687 g/mol. The van der Waals surface area contributed by atoms with Gasteiger partial charge in [0.25, 0.3) is 0 Å². The van der Waals surface area contributed by atoms with E-state index in [1.807, 2.05) is 0 Å². The number of carbonyl (C=O) groups excluding carboxylic acids is 5. The molecule has 1 unspecified atom stereocenters. The molecule has 49 heavy (non-hydrogen) atoms. The van der Waals surface area contributed by atoms with Crippen LogP contribution in [-0.2, 0) is 42.9 Å². The molecule has 14 heteroatoms. The van der Waals surface area contributed by atoms with Crippen LogP contribution in [0, 0.1) is 16.7 Å². The van der Waals surface area contributed by atoms with Crippen molar-refractivity contribution in [2.45, 2.75) is 115 Å². The van der Waals surface area contributed by atoms with Gasteiger partial charge in [0.15, 0.2) is 17.5 Å². The summed E-state index contributed by atoms with van der Waals surface area (Å²) in [4.78, 5) is 65.7. The summed E-state index contributed by atoms with van der Waals surface area (Å²) >= 11 is 0. The van der Waals surface area contributed by atoms with Gasteiger partial charge in [-0.25, -0.2) is 4.79 Å². The zero-order chi connectivity index (χ0) is 36.4. The van der Waals surface area contributed by atoms with Crippen molar-refractivity contribution in [1.29, 1.82) is 0 Å². The predicted molar refractivity (Wildman–Crippen MR) is 168 cm³/mol. The molecular weight excluding hydrogens is 642 g/mol. The third kappa shape index (κ3) is 5.57. The zero-order valence-electron chi connectivity index (χ0n) is 28.6. The van der Waals surface area contributed by atoms with Crippen molar-refractivity contribution in [3.8, 4) is 0 Å². The zero-order valence-corrected chi connectivity index (χ0v) is 28.6. The Morgan fingerprint density at radius 2 is 1.63 bits per heavy atom. The molecule has 1 saturated heterocycles. The second-order valence-corrected chi connectivity index (χ2v) is 14.5. The number of aliphatic hydroxyl groups is 4. The lowest BCUT2D eigenvalue weighted by Crippen LogP contribution is -2.81. The fourth-order valence-corrected chi connectivity index (χ4v) is 8.77. The van der Waals surface area contributed by atoms with E-state index in [0.29, 0.717) is 5.56 Å². The fraction of sp³-hybridized carbons (Fsp3) is 0.629. The van der Waals surface area contributed by atoms with Gasteiger partial charge in [-0.1, -0.05) is 44.2 Å². The fourth-order valence-electron chi connectivity index (χ4n) is 8.77. The molecule has 0 spiro atoms. The number of nitrogens with one attached hydrogen (secondary N) is 1. The van der Waals surface area contributed by atoms with Crippen molar-refractivity contribution < 1.29 is 63.3 Å². The van der Waals surface area contributed by atoms with Crippen molar-refractivity contribution in [3.05, 3.63) is 47.0 Å². The summed E-state index contributed by atoms with van der Waals surface area (Å²) in [6.07, 6.45) is -10.00. The highest BCUT2D eigenvalue weighted by Crippen LogP contribution is 2.64. The lowest BCUT2D eigenvalue weighted by atomic mass is 9.44. The maximum atomic E-state index is 14.6. The molecule has 4 aliphatic rings. The summed E-state index contributed by atoms with van der Waals surface area (Å²) in [7, 11) is 0. The molecule has 2 saturated carbocycles. The molecule has 5 N–H and O–H groups in total. The lowest BCUT2D eigenvalue weighted by Gasteiger charge is -2.67. The molecule has 3 aliphatic carbocycles. The van der Waals surface area contributed by atoms with E-state index in [4.69, 9.17) is 18.9 Å². The molecule has 14 nitrogen and oxygen atoms in total. The quantitative estimate of drug-likeness (QED) is 0.151. The second-order valence-electron chi connectivity index (χ2n) is 14.5. The SMILES string of the molecule is CC(=O)N[C@@H](c1ccccc1)[C@@H](O)C(=O)OC1C[C@@]2(O)[C@@H](OC(C)=O)[C@@H]3[C@]4(OC(C)=O)CO[C@@H]4C[C@H](O)[C@@]3(C)C(=O)[C@H](O)C(=C1C)C2(C)C. The van der Waals surface area contributed by atoms with Crippen LogP contribution in [0.4, 0.5) is 0 Å². The minimum Gasteiger partial charge on any atom is -0.459 e. The molecule has 1 heterocycles. The Kier molecular flexibility index (Phi) is 9.39. The van der Waals surface area contributed by atoms with Gasteiger partial charge in [0.05, 0.1) is 30.1 Å². The number of benzene rings is 1. The van der Waals surface area contributed by atoms with Gasteiger partial charge in [0.1, 0.15) is 30.0 Å². The third-order valence-electron chi connectivity index (χ3n) is 11.3. The maximum absolute atomic E-state index is 14.6. The highest BCUT2D eigenvalue weighted by molar-refractivity contribution is 5.93. The molecule has 268 valence electrons. The number of hydrogen-bond donors (Lipinski definition) is 5. The van der Waals surface area contributed by atoms with Crippen molar-refractivity contribution in [2.75, 3.05) is 6.61 Å². The second kappa shape index (κ2) is 12.6. The van der Waals surface area contributed by atoms with Crippen molar-refractivity contribution in [2.24, 2.45) is 16.7 Å². The molecule has 1 aromatic rings. The van der Waals surface area contributed by atoms with E-state index in [9.17, 15) is 44.4 Å². The Balaban J connectivity index is 1.66. The van der Waals surface area contributed by atoms with Crippen LogP contribution in [0.5, 0.6) is 0 Å². The molecular formula is C35H45NO13. The highest BCUT2D eigenvalue weighted by Gasteiger charge is 2.78. The molecule has 2 bridgehead atoms. The summed E-state index contributed by atoms with van der Waals surface area (Å²) in [5, 5.41) is 50.2. The molecule has 0 aromatic heterocycles. The van der Waals surface area contributed by atoms with E-state index in [1.165, 1.54) is 20.8 Å². The van der Waals surface area contributed by atoms with Gasteiger partial charge < -0.3 is 44.7 Å². The molecule has 3 fully saturated rings. The molecule has 1 amide bonds. The molecule has 11 atom stereocenters. The Morgan fingerprint density at radius 1 is 1.00 bits per heavy atom. The van der Waals surface area contributed by atoms with Crippen LogP contribution in [0.3, 0.4) is 0 Å². The summed E-state index contributed by atoms with van der Waals surface area (Å²) in [6.45, 7) is 9.21. The minimum absolute atomic E-state index is 0.0300. The number of esters is 3. The molecule has 5 rings (SSSR count). The van der Waals surface area contributed by atoms with Crippen LogP contribution in [-0.4, -0.2) is 104 Å². The number of carbonyl (C=O) groups is 5.